The zero-order valence-corrected chi connectivity index (χ0v) is 81.3. The van der Waals surface area contributed by atoms with E-state index < -0.39 is 0 Å². The van der Waals surface area contributed by atoms with Crippen LogP contribution in [0.25, 0.3) is 88.1 Å². The van der Waals surface area contributed by atoms with Crippen molar-refractivity contribution in [3.8, 4) is 69.7 Å². The molecule has 0 aliphatic carbocycles. The summed E-state index contributed by atoms with van der Waals surface area (Å²) in [4.78, 5) is 88.4. The standard InChI is InChI=1S/2C28H26N10.2C25H27N9O/c2*1-3-17-4-6-31-26-16(2)20(13-33-27(17)26)22-10-18-11-23(32-14-21(18)28(29)34-22)35-24-12-19-5-8-37-9-7-30-25(37)15-38(19)36-24;2*1-13-3-5-28-24-14(2)17(10-30-23(13)24)19-7-15-8-20(29-11-18(15)25(26)31-19)32-21-9-16-4-6-27-22(35)12-34(16)33-21/h2*1,7,9-14,17,31H,4-6,8,15H2,2H3,(H2,29,34)(H,32,35,36);2*7-11,13,28H,3-6,12H2,1-2H3,(H2,26,31)(H,27,35)(H,29,32,33)/t2*17-;2*13-/m1010/s1. The molecule has 8 aliphatic heterocycles. The Morgan fingerprint density at radius 2 is 0.630 bits per heavy atom. The van der Waals surface area contributed by atoms with Crippen LogP contribution in [-0.2, 0) is 74.5 Å². The highest BCUT2D eigenvalue weighted by atomic mass is 16.2. The van der Waals surface area contributed by atoms with E-state index in [9.17, 15) is 9.59 Å². The molecular weight excluding hydrogens is 1840 g/mol. The highest BCUT2D eigenvalue weighted by Crippen LogP contribution is 2.45. The first-order valence-electron chi connectivity index (χ1n) is 49.1. The Labute approximate surface area is 838 Å². The molecule has 0 unspecified atom stereocenters. The number of carbonyl (C=O) groups is 2. The molecular formula is C106H106N38O2. The molecule has 2 amide bonds. The lowest BCUT2D eigenvalue weighted by Crippen LogP contribution is -2.25. The molecule has 18 aromatic heterocycles. The summed E-state index contributed by atoms with van der Waals surface area (Å²) < 4.78 is 11.8. The number of aromatic nitrogens is 24. The van der Waals surface area contributed by atoms with Crippen molar-refractivity contribution >= 4 is 147 Å². The van der Waals surface area contributed by atoms with E-state index in [1.165, 1.54) is 0 Å². The van der Waals surface area contributed by atoms with Gasteiger partial charge >= 0.3 is 0 Å². The highest BCUT2D eigenvalue weighted by Gasteiger charge is 2.31. The number of rotatable bonds is 12. The van der Waals surface area contributed by atoms with Gasteiger partial charge in [0.15, 0.2) is 23.3 Å². The number of carbonyl (C=O) groups excluding carboxylic acids is 2. The van der Waals surface area contributed by atoms with Crippen LogP contribution in [0.3, 0.4) is 0 Å². The van der Waals surface area contributed by atoms with Gasteiger partial charge in [0.25, 0.3) is 0 Å². The lowest BCUT2D eigenvalue weighted by molar-refractivity contribution is -0.122. The average Bonchev–Trinajstić information content (AvgIpc) is 1.74. The number of imidazole rings is 2. The number of anilines is 16. The van der Waals surface area contributed by atoms with Crippen molar-refractivity contribution in [2.24, 2.45) is 0 Å². The van der Waals surface area contributed by atoms with Gasteiger partial charge in [-0.1, -0.05) is 25.7 Å². The molecule has 26 rings (SSSR count). The third-order valence-electron chi connectivity index (χ3n) is 28.7. The molecule has 0 saturated heterocycles. The second-order valence-electron chi connectivity index (χ2n) is 38.1. The molecule has 18 N–H and O–H groups in total. The first-order valence-corrected chi connectivity index (χ1v) is 49.1. The minimum Gasteiger partial charge on any atom is -0.383 e. The largest absolute Gasteiger partial charge is 0.383 e. The quantitative estimate of drug-likeness (QED) is 0.0505. The number of fused-ring (bicyclic) bond motifs is 14. The number of nitrogen functional groups attached to an aromatic ring is 4. The molecule has 146 heavy (non-hydrogen) atoms. The number of amides is 2. The van der Waals surface area contributed by atoms with Crippen LogP contribution in [0.15, 0.2) is 147 Å². The van der Waals surface area contributed by atoms with E-state index in [1.807, 2.05) is 120 Å². The van der Waals surface area contributed by atoms with Gasteiger partial charge in [0.1, 0.15) is 71.3 Å². The van der Waals surface area contributed by atoms with E-state index in [4.69, 9.17) is 65.9 Å². The molecule has 40 nitrogen and oxygen atoms in total. The second-order valence-corrected chi connectivity index (χ2v) is 38.1. The van der Waals surface area contributed by atoms with Gasteiger partial charge in [0.05, 0.1) is 93.2 Å². The van der Waals surface area contributed by atoms with Gasteiger partial charge in [-0.25, -0.2) is 49.8 Å². The topological polar surface area (TPSA) is 520 Å². The number of hydrogen-bond donors (Lipinski definition) is 14. The summed E-state index contributed by atoms with van der Waals surface area (Å²) in [5.74, 6) is 15.7. The number of pyridine rings is 12. The third-order valence-corrected chi connectivity index (χ3v) is 28.7. The van der Waals surface area contributed by atoms with Crippen molar-refractivity contribution in [1.29, 1.82) is 0 Å². The SMILES string of the molecule is C#C[C@@H]1CCNc2c1ncc(-c1cc3cc(Nc4cc5n(n4)Cc4nccn4CC5)ncc3c(N)n1)c2C.C#C[C@H]1CCNc2c1ncc(-c1cc3cc(Nc4cc5n(n4)Cc4nccn4CC5)ncc3c(N)n1)c2C.Cc1c(-c2cc3cc(Nc4cc5n(n4)CC(=O)NCC5)ncc3c(N)n2)cnc2c1NCC[C@@H]2C.Cc1c(-c2cc3cc(Nc4cc5n(n4)CC(=O)NCC5)ncc3c(N)n2)cnc2c1NCC[C@H]2C. The number of hydrogen-bond acceptors (Lipinski definition) is 32. The highest BCUT2D eigenvalue weighted by molar-refractivity contribution is 5.99. The Morgan fingerprint density at radius 1 is 0.336 bits per heavy atom. The number of nitrogens with zero attached hydrogens (tertiary/aromatic N) is 24. The van der Waals surface area contributed by atoms with Gasteiger partial charge in [-0.05, 0) is 146 Å². The van der Waals surface area contributed by atoms with Gasteiger partial charge in [0.2, 0.25) is 11.8 Å². The van der Waals surface area contributed by atoms with Crippen LogP contribution < -0.4 is 76.1 Å². The minimum absolute atomic E-state index is 0.0214. The van der Waals surface area contributed by atoms with Crippen LogP contribution in [-0.4, -0.2) is 169 Å². The van der Waals surface area contributed by atoms with Crippen molar-refractivity contribution in [2.75, 3.05) is 105 Å². The normalized spacial score (nSPS) is 16.6. The van der Waals surface area contributed by atoms with E-state index in [1.54, 1.807) is 34.2 Å². The van der Waals surface area contributed by atoms with Crippen LogP contribution in [0.1, 0.15) is 143 Å². The molecule has 0 fully saturated rings. The summed E-state index contributed by atoms with van der Waals surface area (Å²) >= 11 is 0. The first-order chi connectivity index (χ1) is 71.1. The molecule has 0 aromatic carbocycles. The van der Waals surface area contributed by atoms with Crippen molar-refractivity contribution in [3.63, 3.8) is 0 Å². The Balaban J connectivity index is 0.000000107. The fourth-order valence-corrected chi connectivity index (χ4v) is 20.7. The summed E-state index contributed by atoms with van der Waals surface area (Å²) in [7, 11) is 0. The van der Waals surface area contributed by atoms with E-state index in [0.717, 1.165) is 293 Å². The van der Waals surface area contributed by atoms with Crippen LogP contribution in [0.4, 0.5) is 92.6 Å². The fraction of sp³-hybridized carbons (Fsp3) is 0.283. The maximum absolute atomic E-state index is 11.8. The van der Waals surface area contributed by atoms with E-state index >= 15 is 0 Å². The molecule has 0 bridgehead atoms. The smallest absolute Gasteiger partial charge is 0.241 e. The molecule has 8 aliphatic rings. The lowest BCUT2D eigenvalue weighted by atomic mass is 9.92. The lowest BCUT2D eigenvalue weighted by Gasteiger charge is -2.25. The Bertz CT molecular complexity index is 7910. The first kappa shape index (κ1) is 91.5. The molecule has 18 aromatic rings. The van der Waals surface area contributed by atoms with Gasteiger partial charge in [-0.2, -0.15) is 20.4 Å². The van der Waals surface area contributed by atoms with E-state index in [0.29, 0.717) is 96.2 Å². The Hall–Kier alpha value is -18.2. The molecule has 732 valence electrons. The van der Waals surface area contributed by atoms with E-state index in [-0.39, 0.29) is 36.7 Å². The van der Waals surface area contributed by atoms with Crippen LogP contribution >= 0.6 is 0 Å². The number of terminal acetylenes is 2. The fourth-order valence-electron chi connectivity index (χ4n) is 20.7. The second kappa shape index (κ2) is 38.0. The molecule has 4 atom stereocenters. The monoisotopic (exact) mass is 1940 g/mol. The maximum Gasteiger partial charge on any atom is 0.241 e. The van der Waals surface area contributed by atoms with Gasteiger partial charge in [0, 0.05) is 255 Å². The predicted molar refractivity (Wildman–Crippen MR) is 566 cm³/mol. The van der Waals surface area contributed by atoms with Crippen molar-refractivity contribution < 1.29 is 9.59 Å². The van der Waals surface area contributed by atoms with Crippen molar-refractivity contribution in [1.82, 2.24) is 129 Å². The molecule has 26 heterocycles. The summed E-state index contributed by atoms with van der Waals surface area (Å²) in [5, 5.41) is 58.4. The number of aryl methyl sites for hydroxylation is 4. The van der Waals surface area contributed by atoms with Crippen LogP contribution in [0.5, 0.6) is 0 Å². The summed E-state index contributed by atoms with van der Waals surface area (Å²) in [6.45, 7) is 21.0. The molecule has 0 radical (unpaired) electrons. The molecule has 0 saturated carbocycles. The molecule has 40 heteroatoms. The Kier molecular flexibility index (Phi) is 23.8. The minimum atomic E-state index is -0.0330. The van der Waals surface area contributed by atoms with E-state index in [2.05, 4.69) is 188 Å². The maximum atomic E-state index is 11.8. The summed E-state index contributed by atoms with van der Waals surface area (Å²) in [6.07, 6.45) is 40.8. The third kappa shape index (κ3) is 17.8. The summed E-state index contributed by atoms with van der Waals surface area (Å²) in [5.41, 5.74) is 49.2. The zero-order valence-electron chi connectivity index (χ0n) is 81.3. The van der Waals surface area contributed by atoms with Crippen molar-refractivity contribution in [3.05, 3.63) is 227 Å². The number of nitrogens with one attached hydrogen (secondary N) is 10. The van der Waals surface area contributed by atoms with Gasteiger partial charge in [-0.3, -0.25) is 48.3 Å². The van der Waals surface area contributed by atoms with Gasteiger partial charge < -0.3 is 85.2 Å². The van der Waals surface area contributed by atoms with Crippen molar-refractivity contribution in [2.45, 2.75) is 156 Å². The van der Waals surface area contributed by atoms with Gasteiger partial charge in [-0.15, -0.1) is 12.8 Å². The average molecular weight is 1940 g/mol. The van der Waals surface area contributed by atoms with Crippen LogP contribution in [0.2, 0.25) is 0 Å². The summed E-state index contributed by atoms with van der Waals surface area (Å²) in [6, 6.07) is 24.0. The Morgan fingerprint density at radius 3 is 0.952 bits per heavy atom. The predicted octanol–water partition coefficient (Wildman–Crippen LogP) is 13.9. The van der Waals surface area contributed by atoms with Crippen LogP contribution in [0, 0.1) is 52.4 Å². The number of nitrogens with two attached hydrogens (primary N) is 4. The molecule has 0 spiro atoms. The zero-order chi connectivity index (χ0) is 99.8.